The molecule has 0 aromatic heterocycles. The Morgan fingerprint density at radius 3 is 2.53 bits per heavy atom. The number of rotatable bonds is 9. The normalized spacial score (nSPS) is 15.6. The second-order valence-corrected chi connectivity index (χ2v) is 10.2. The summed E-state index contributed by atoms with van der Waals surface area (Å²) in [4.78, 5) is 14.5. The third kappa shape index (κ3) is 6.01. The van der Waals surface area contributed by atoms with Crippen LogP contribution < -0.4 is 10.1 Å². The van der Waals surface area contributed by atoms with Crippen LogP contribution in [0.15, 0.2) is 53.4 Å². The summed E-state index contributed by atoms with van der Waals surface area (Å²) in [7, 11) is -2.53. The van der Waals surface area contributed by atoms with Gasteiger partial charge in [-0.15, -0.1) is 0 Å². The quantitative estimate of drug-likeness (QED) is 0.598. The molecular weight excluding hydrogens is 450 g/mol. The van der Waals surface area contributed by atoms with Crippen LogP contribution in [0.3, 0.4) is 0 Å². The summed E-state index contributed by atoms with van der Waals surface area (Å²) < 4.78 is 34.0. The van der Waals surface area contributed by atoms with Gasteiger partial charge in [0.25, 0.3) is 0 Å². The summed E-state index contributed by atoms with van der Waals surface area (Å²) in [5.41, 5.74) is 1.03. The Hall–Kier alpha value is -2.13. The van der Waals surface area contributed by atoms with Crippen LogP contribution in [0.4, 0.5) is 0 Å². The van der Waals surface area contributed by atoms with Crippen LogP contribution in [-0.2, 0) is 14.8 Å². The number of nitrogens with one attached hydrogen (secondary N) is 1. The first-order chi connectivity index (χ1) is 15.3. The largest absolute Gasteiger partial charge is 0.495 e. The summed E-state index contributed by atoms with van der Waals surface area (Å²) in [6, 6.07) is 14.3. The summed E-state index contributed by atoms with van der Waals surface area (Å²) in [6.07, 6.45) is 0.115. The molecule has 1 fully saturated rings. The van der Waals surface area contributed by atoms with E-state index in [2.05, 4.69) is 5.32 Å². The number of carbonyl (C=O) groups is 1. The number of nitrogens with zero attached hydrogens (tertiary/aromatic N) is 2. The zero-order chi connectivity index (χ0) is 23.1. The van der Waals surface area contributed by atoms with E-state index < -0.39 is 10.0 Å². The first kappa shape index (κ1) is 24.5. The Kier molecular flexibility index (Phi) is 8.53. The number of methoxy groups -OCH3 is 1. The second kappa shape index (κ2) is 11.1. The molecule has 1 N–H and O–H groups in total. The molecule has 2 aromatic carbocycles. The zero-order valence-electron chi connectivity index (χ0n) is 18.5. The highest BCUT2D eigenvalue weighted by atomic mass is 35.5. The van der Waals surface area contributed by atoms with Gasteiger partial charge in [0.15, 0.2) is 0 Å². The first-order valence-corrected chi connectivity index (χ1v) is 12.5. The van der Waals surface area contributed by atoms with Gasteiger partial charge in [0.1, 0.15) is 10.6 Å². The molecule has 1 aliphatic heterocycles. The Balaban J connectivity index is 1.86. The zero-order valence-corrected chi connectivity index (χ0v) is 20.0. The number of ether oxygens (including phenoxy) is 1. The molecule has 1 amide bonds. The molecule has 1 heterocycles. The highest BCUT2D eigenvalue weighted by Gasteiger charge is 2.30. The van der Waals surface area contributed by atoms with Gasteiger partial charge in [-0.2, -0.15) is 4.31 Å². The molecule has 0 bridgehead atoms. The van der Waals surface area contributed by atoms with Crippen molar-refractivity contribution in [2.75, 3.05) is 46.4 Å². The highest BCUT2D eigenvalue weighted by molar-refractivity contribution is 7.89. The van der Waals surface area contributed by atoms with Gasteiger partial charge in [0.2, 0.25) is 15.9 Å². The number of carbonyl (C=O) groups excluding carboxylic acids is 1. The number of sulfonamides is 1. The third-order valence-electron chi connectivity index (χ3n) is 5.63. The third-order valence-corrected chi connectivity index (χ3v) is 7.76. The van der Waals surface area contributed by atoms with Gasteiger partial charge in [-0.05, 0) is 29.7 Å². The SMILES string of the molecule is COc1ccc(Cl)cc1S(=O)(=O)N(CCC(=O)N1CCNCC1)C[C@@H](C)c1ccccc1. The van der Waals surface area contributed by atoms with Crippen LogP contribution in [0.25, 0.3) is 0 Å². The van der Waals surface area contributed by atoms with Crippen molar-refractivity contribution in [3.63, 3.8) is 0 Å². The van der Waals surface area contributed by atoms with E-state index >= 15 is 0 Å². The van der Waals surface area contributed by atoms with Gasteiger partial charge in [-0.1, -0.05) is 48.9 Å². The molecular formula is C23H30ClN3O4S. The maximum Gasteiger partial charge on any atom is 0.246 e. The van der Waals surface area contributed by atoms with Crippen molar-refractivity contribution in [1.29, 1.82) is 0 Å². The van der Waals surface area contributed by atoms with Gasteiger partial charge in [0.05, 0.1) is 7.11 Å². The molecule has 0 spiro atoms. The molecule has 1 aliphatic rings. The summed E-state index contributed by atoms with van der Waals surface area (Å²) in [5, 5.41) is 3.52. The van der Waals surface area contributed by atoms with Crippen LogP contribution in [0.2, 0.25) is 5.02 Å². The topological polar surface area (TPSA) is 79.0 Å². The van der Waals surface area contributed by atoms with E-state index in [0.29, 0.717) is 18.1 Å². The van der Waals surface area contributed by atoms with Gasteiger partial charge in [0, 0.05) is 50.7 Å². The lowest BCUT2D eigenvalue weighted by Crippen LogP contribution is -2.47. The number of benzene rings is 2. The van der Waals surface area contributed by atoms with Crippen LogP contribution >= 0.6 is 11.6 Å². The van der Waals surface area contributed by atoms with Crippen LogP contribution in [0, 0.1) is 0 Å². The molecule has 32 heavy (non-hydrogen) atoms. The number of piperazine rings is 1. The number of halogens is 1. The molecule has 2 aromatic rings. The van der Waals surface area contributed by atoms with Crippen LogP contribution in [0.1, 0.15) is 24.8 Å². The molecule has 0 radical (unpaired) electrons. The van der Waals surface area contributed by atoms with Gasteiger partial charge < -0.3 is 15.0 Å². The van der Waals surface area contributed by atoms with Crippen molar-refractivity contribution in [2.24, 2.45) is 0 Å². The average Bonchev–Trinajstić information content (AvgIpc) is 2.82. The van der Waals surface area contributed by atoms with Crippen molar-refractivity contribution >= 4 is 27.5 Å². The van der Waals surface area contributed by atoms with E-state index in [4.69, 9.17) is 16.3 Å². The maximum atomic E-state index is 13.7. The predicted molar refractivity (Wildman–Crippen MR) is 126 cm³/mol. The average molecular weight is 480 g/mol. The summed E-state index contributed by atoms with van der Waals surface area (Å²) >= 11 is 6.11. The minimum atomic E-state index is -3.95. The predicted octanol–water partition coefficient (Wildman–Crippen LogP) is 2.96. The van der Waals surface area contributed by atoms with Crippen molar-refractivity contribution < 1.29 is 17.9 Å². The fraction of sp³-hybridized carbons (Fsp3) is 0.435. The van der Waals surface area contributed by atoms with Gasteiger partial charge in [-0.3, -0.25) is 4.79 Å². The lowest BCUT2D eigenvalue weighted by atomic mass is 10.0. The van der Waals surface area contributed by atoms with E-state index in [1.54, 1.807) is 17.0 Å². The Bertz CT molecular complexity index is 1010. The molecule has 174 valence electrons. The summed E-state index contributed by atoms with van der Waals surface area (Å²) in [5.74, 6) is 0.114. The van der Waals surface area contributed by atoms with Crippen LogP contribution in [0.5, 0.6) is 5.75 Å². The number of hydrogen-bond acceptors (Lipinski definition) is 5. The van der Waals surface area contributed by atoms with E-state index in [-0.39, 0.29) is 42.0 Å². The Morgan fingerprint density at radius 2 is 1.88 bits per heavy atom. The summed E-state index contributed by atoms with van der Waals surface area (Å²) in [6.45, 7) is 5.05. The van der Waals surface area contributed by atoms with Gasteiger partial charge in [-0.25, -0.2) is 8.42 Å². The monoisotopic (exact) mass is 479 g/mol. The molecule has 3 rings (SSSR count). The molecule has 1 atom stereocenters. The van der Waals surface area contributed by atoms with E-state index in [1.807, 2.05) is 37.3 Å². The molecule has 9 heteroatoms. The molecule has 0 saturated carbocycles. The van der Waals surface area contributed by atoms with Crippen molar-refractivity contribution in [1.82, 2.24) is 14.5 Å². The van der Waals surface area contributed by atoms with E-state index in [1.165, 1.54) is 17.5 Å². The lowest BCUT2D eigenvalue weighted by Gasteiger charge is -2.30. The van der Waals surface area contributed by atoms with E-state index in [0.717, 1.165) is 18.7 Å². The van der Waals surface area contributed by atoms with Gasteiger partial charge >= 0.3 is 0 Å². The highest BCUT2D eigenvalue weighted by Crippen LogP contribution is 2.31. The smallest absolute Gasteiger partial charge is 0.246 e. The molecule has 7 nitrogen and oxygen atoms in total. The first-order valence-electron chi connectivity index (χ1n) is 10.7. The van der Waals surface area contributed by atoms with Crippen molar-refractivity contribution in [3.8, 4) is 5.75 Å². The van der Waals surface area contributed by atoms with Crippen molar-refractivity contribution in [2.45, 2.75) is 24.2 Å². The minimum absolute atomic E-state index is 0.00221. The number of amides is 1. The lowest BCUT2D eigenvalue weighted by molar-refractivity contribution is -0.131. The van der Waals surface area contributed by atoms with E-state index in [9.17, 15) is 13.2 Å². The fourth-order valence-electron chi connectivity index (χ4n) is 3.79. The standard InChI is InChI=1S/C23H30ClN3O4S/c1-18(19-6-4-3-5-7-19)17-27(13-10-23(28)26-14-11-25-12-15-26)32(29,30)22-16-20(24)8-9-21(22)31-2/h3-9,16,18,25H,10-15,17H2,1-2H3/t18-/m1/s1. The molecule has 1 saturated heterocycles. The minimum Gasteiger partial charge on any atom is -0.495 e. The molecule has 0 aliphatic carbocycles. The van der Waals surface area contributed by atoms with Crippen LogP contribution in [-0.4, -0.2) is 69.9 Å². The van der Waals surface area contributed by atoms with Crippen molar-refractivity contribution in [3.05, 3.63) is 59.1 Å². The maximum absolute atomic E-state index is 13.7. The second-order valence-electron chi connectivity index (χ2n) is 7.85. The Labute approximate surface area is 195 Å². The number of hydrogen-bond donors (Lipinski definition) is 1. The fourth-order valence-corrected chi connectivity index (χ4v) is 5.73. The molecule has 0 unspecified atom stereocenters. The Morgan fingerprint density at radius 1 is 1.19 bits per heavy atom.